The lowest BCUT2D eigenvalue weighted by Gasteiger charge is -2.12. The molecule has 0 saturated heterocycles. The maximum atomic E-state index is 12.1. The Morgan fingerprint density at radius 3 is 2.79 bits per heavy atom. The maximum Gasteiger partial charge on any atom is 0.293 e. The fourth-order valence-electron chi connectivity index (χ4n) is 1.77. The summed E-state index contributed by atoms with van der Waals surface area (Å²) in [7, 11) is 0. The summed E-state index contributed by atoms with van der Waals surface area (Å²) in [5.41, 5.74) is 0.994. The molecule has 0 spiro atoms. The molecule has 0 aliphatic heterocycles. The van der Waals surface area contributed by atoms with Crippen LogP contribution in [0.1, 0.15) is 25.5 Å². The average Bonchev–Trinajstić information content (AvgIpc) is 2.39. The summed E-state index contributed by atoms with van der Waals surface area (Å²) in [6.07, 6.45) is 3.35. The van der Waals surface area contributed by atoms with Gasteiger partial charge in [0.25, 0.3) is 5.56 Å². The highest BCUT2D eigenvalue weighted by molar-refractivity contribution is 9.10. The van der Waals surface area contributed by atoms with Crippen molar-refractivity contribution in [2.24, 2.45) is 0 Å². The second-order valence-corrected chi connectivity index (χ2v) is 5.38. The van der Waals surface area contributed by atoms with Crippen LogP contribution in [0.4, 0.5) is 5.82 Å². The van der Waals surface area contributed by atoms with Crippen LogP contribution >= 0.6 is 15.9 Å². The standard InChI is InChI=1S/C14H16BrN3O/c1-10(2)18-8-7-16-13(14(18)19)17-9-11-5-3-4-6-12(11)15/h3-8,10H,9H2,1-2H3,(H,16,17). The van der Waals surface area contributed by atoms with E-state index in [4.69, 9.17) is 0 Å². The molecule has 1 aromatic carbocycles. The summed E-state index contributed by atoms with van der Waals surface area (Å²) in [4.78, 5) is 16.2. The predicted molar refractivity (Wildman–Crippen MR) is 80.4 cm³/mol. The second kappa shape index (κ2) is 6.02. The molecular weight excluding hydrogens is 306 g/mol. The van der Waals surface area contributed by atoms with E-state index < -0.39 is 0 Å². The van der Waals surface area contributed by atoms with Crippen LogP contribution in [0.25, 0.3) is 0 Å². The Kier molecular flexibility index (Phi) is 4.37. The third-order valence-electron chi connectivity index (χ3n) is 2.83. The molecule has 19 heavy (non-hydrogen) atoms. The van der Waals surface area contributed by atoms with Crippen molar-refractivity contribution in [2.75, 3.05) is 5.32 Å². The van der Waals surface area contributed by atoms with E-state index >= 15 is 0 Å². The summed E-state index contributed by atoms with van der Waals surface area (Å²) in [6, 6.07) is 8.02. The van der Waals surface area contributed by atoms with Crippen molar-refractivity contribution < 1.29 is 0 Å². The van der Waals surface area contributed by atoms with E-state index in [1.54, 1.807) is 17.0 Å². The normalized spacial score (nSPS) is 10.7. The number of nitrogens with zero attached hydrogens (tertiary/aromatic N) is 2. The zero-order valence-corrected chi connectivity index (χ0v) is 12.5. The number of aromatic nitrogens is 2. The molecule has 0 atom stereocenters. The van der Waals surface area contributed by atoms with Crippen LogP contribution in [-0.2, 0) is 6.54 Å². The molecular formula is C14H16BrN3O. The number of hydrogen-bond acceptors (Lipinski definition) is 3. The van der Waals surface area contributed by atoms with Crippen molar-refractivity contribution >= 4 is 21.7 Å². The number of anilines is 1. The zero-order valence-electron chi connectivity index (χ0n) is 10.9. The highest BCUT2D eigenvalue weighted by Crippen LogP contribution is 2.16. The lowest BCUT2D eigenvalue weighted by atomic mass is 10.2. The van der Waals surface area contributed by atoms with Gasteiger partial charge in [-0.25, -0.2) is 4.98 Å². The van der Waals surface area contributed by atoms with E-state index in [0.29, 0.717) is 12.4 Å². The molecule has 0 aliphatic carbocycles. The Hall–Kier alpha value is -1.62. The molecule has 1 aromatic heterocycles. The Morgan fingerprint density at radius 2 is 2.11 bits per heavy atom. The third-order valence-corrected chi connectivity index (χ3v) is 3.60. The Labute approximate surface area is 120 Å². The van der Waals surface area contributed by atoms with Gasteiger partial charge in [-0.15, -0.1) is 0 Å². The molecule has 5 heteroatoms. The molecule has 100 valence electrons. The number of benzene rings is 1. The van der Waals surface area contributed by atoms with Gasteiger partial charge < -0.3 is 9.88 Å². The lowest BCUT2D eigenvalue weighted by molar-refractivity contribution is 0.575. The van der Waals surface area contributed by atoms with E-state index in [2.05, 4.69) is 26.2 Å². The van der Waals surface area contributed by atoms with Gasteiger partial charge in [0, 0.05) is 29.5 Å². The second-order valence-electron chi connectivity index (χ2n) is 4.53. The fourth-order valence-corrected chi connectivity index (χ4v) is 2.20. The van der Waals surface area contributed by atoms with Crippen LogP contribution in [0.15, 0.2) is 45.9 Å². The Balaban J connectivity index is 2.19. The van der Waals surface area contributed by atoms with Gasteiger partial charge >= 0.3 is 0 Å². The average molecular weight is 322 g/mol. The van der Waals surface area contributed by atoms with E-state index in [0.717, 1.165) is 10.0 Å². The molecule has 4 nitrogen and oxygen atoms in total. The number of nitrogens with one attached hydrogen (secondary N) is 1. The minimum atomic E-state index is -0.0930. The first-order valence-corrected chi connectivity index (χ1v) is 6.93. The first-order chi connectivity index (χ1) is 9.09. The molecule has 2 aromatic rings. The Morgan fingerprint density at radius 1 is 1.37 bits per heavy atom. The van der Waals surface area contributed by atoms with Crippen LogP contribution in [-0.4, -0.2) is 9.55 Å². The topological polar surface area (TPSA) is 46.9 Å². The molecule has 0 bridgehead atoms. The molecule has 1 N–H and O–H groups in total. The number of hydrogen-bond donors (Lipinski definition) is 1. The molecule has 0 amide bonds. The Bertz CT molecular complexity index is 622. The first kappa shape index (κ1) is 13.8. The summed E-state index contributed by atoms with van der Waals surface area (Å²) >= 11 is 3.48. The van der Waals surface area contributed by atoms with Gasteiger partial charge in [-0.1, -0.05) is 34.1 Å². The molecule has 0 fully saturated rings. The van der Waals surface area contributed by atoms with Crippen LogP contribution in [0, 0.1) is 0 Å². The molecule has 0 unspecified atom stereocenters. The van der Waals surface area contributed by atoms with E-state index in [1.807, 2.05) is 38.1 Å². The quantitative estimate of drug-likeness (QED) is 0.940. The number of halogens is 1. The minimum absolute atomic E-state index is 0.0930. The smallest absolute Gasteiger partial charge is 0.293 e. The van der Waals surface area contributed by atoms with Crippen LogP contribution in [0.5, 0.6) is 0 Å². The molecule has 0 radical (unpaired) electrons. The van der Waals surface area contributed by atoms with Crippen molar-refractivity contribution in [1.29, 1.82) is 0 Å². The van der Waals surface area contributed by atoms with E-state index in [1.165, 1.54) is 0 Å². The molecule has 0 saturated carbocycles. The van der Waals surface area contributed by atoms with Crippen LogP contribution in [0.3, 0.4) is 0 Å². The first-order valence-electron chi connectivity index (χ1n) is 6.14. The van der Waals surface area contributed by atoms with Crippen molar-refractivity contribution in [2.45, 2.75) is 26.4 Å². The predicted octanol–water partition coefficient (Wildman–Crippen LogP) is 3.20. The summed E-state index contributed by atoms with van der Waals surface area (Å²) in [5.74, 6) is 0.381. The number of rotatable bonds is 4. The van der Waals surface area contributed by atoms with E-state index in [9.17, 15) is 4.79 Å². The van der Waals surface area contributed by atoms with Crippen molar-refractivity contribution in [3.63, 3.8) is 0 Å². The summed E-state index contributed by atoms with van der Waals surface area (Å²) in [5, 5.41) is 3.09. The van der Waals surface area contributed by atoms with Gasteiger partial charge in [0.05, 0.1) is 0 Å². The van der Waals surface area contributed by atoms with Gasteiger partial charge in [0.15, 0.2) is 5.82 Å². The summed E-state index contributed by atoms with van der Waals surface area (Å²) < 4.78 is 2.68. The van der Waals surface area contributed by atoms with Gasteiger partial charge in [0.2, 0.25) is 0 Å². The fraction of sp³-hybridized carbons (Fsp3) is 0.286. The van der Waals surface area contributed by atoms with Crippen LogP contribution < -0.4 is 10.9 Å². The van der Waals surface area contributed by atoms with Gasteiger partial charge in [-0.3, -0.25) is 4.79 Å². The maximum absolute atomic E-state index is 12.1. The van der Waals surface area contributed by atoms with Gasteiger partial charge in [0.1, 0.15) is 0 Å². The minimum Gasteiger partial charge on any atom is -0.361 e. The molecule has 2 rings (SSSR count). The summed E-state index contributed by atoms with van der Waals surface area (Å²) in [6.45, 7) is 4.50. The lowest BCUT2D eigenvalue weighted by Crippen LogP contribution is -2.25. The van der Waals surface area contributed by atoms with Crippen molar-refractivity contribution in [3.8, 4) is 0 Å². The highest BCUT2D eigenvalue weighted by atomic mass is 79.9. The highest BCUT2D eigenvalue weighted by Gasteiger charge is 2.07. The van der Waals surface area contributed by atoms with E-state index in [-0.39, 0.29) is 11.6 Å². The van der Waals surface area contributed by atoms with Crippen LogP contribution in [0.2, 0.25) is 0 Å². The molecule has 1 heterocycles. The molecule has 0 aliphatic rings. The van der Waals surface area contributed by atoms with Gasteiger partial charge in [-0.2, -0.15) is 0 Å². The zero-order chi connectivity index (χ0) is 13.8. The van der Waals surface area contributed by atoms with Crippen molar-refractivity contribution in [1.82, 2.24) is 9.55 Å². The van der Waals surface area contributed by atoms with Gasteiger partial charge in [-0.05, 0) is 25.5 Å². The SMILES string of the molecule is CC(C)n1ccnc(NCc2ccccc2Br)c1=O. The third kappa shape index (κ3) is 3.23. The van der Waals surface area contributed by atoms with Crippen molar-refractivity contribution in [3.05, 3.63) is 57.0 Å². The largest absolute Gasteiger partial charge is 0.361 e. The monoisotopic (exact) mass is 321 g/mol.